The molecular weight excluding hydrogens is 866 g/mol. The molecule has 2 aromatic carbocycles. The molecule has 51 heavy (non-hydrogen) atoms. The molecule has 3 heterocycles. The van der Waals surface area contributed by atoms with Gasteiger partial charge in [-0.2, -0.15) is 23.5 Å². The van der Waals surface area contributed by atoms with Crippen LogP contribution in [-0.2, 0) is 17.6 Å². The molecule has 0 atom stereocenters. The molecule has 0 aliphatic carbocycles. The van der Waals surface area contributed by atoms with Crippen LogP contribution in [0.15, 0.2) is 69.9 Å². The number of rotatable bonds is 8. The van der Waals surface area contributed by atoms with Gasteiger partial charge in [0.25, 0.3) is 11.8 Å². The van der Waals surface area contributed by atoms with Gasteiger partial charge in [0.1, 0.15) is 28.8 Å². The zero-order chi connectivity index (χ0) is 37.6. The van der Waals surface area contributed by atoms with E-state index in [-0.39, 0.29) is 46.2 Å². The maximum Gasteiger partial charge on any atom is 0.432 e. The van der Waals surface area contributed by atoms with Gasteiger partial charge >= 0.3 is 6.18 Å². The van der Waals surface area contributed by atoms with Crippen molar-refractivity contribution in [2.75, 3.05) is 19.0 Å². The van der Waals surface area contributed by atoms with Crippen molar-refractivity contribution in [2.45, 2.75) is 26.8 Å². The second-order valence-electron chi connectivity index (χ2n) is 10.3. The van der Waals surface area contributed by atoms with E-state index in [0.717, 1.165) is 4.57 Å². The summed E-state index contributed by atoms with van der Waals surface area (Å²) in [7, 11) is 1.50. The Labute approximate surface area is 321 Å². The minimum atomic E-state index is -4.63. The zero-order valence-electron chi connectivity index (χ0n) is 26.7. The summed E-state index contributed by atoms with van der Waals surface area (Å²) in [5, 5.41) is 20.0. The number of aryl methyl sites for hydroxylation is 1. The van der Waals surface area contributed by atoms with Gasteiger partial charge in [-0.3, -0.25) is 9.59 Å². The lowest BCUT2D eigenvalue weighted by Gasteiger charge is -2.15. The van der Waals surface area contributed by atoms with Crippen molar-refractivity contribution >= 4 is 84.2 Å². The first kappa shape index (κ1) is 39.9. The van der Waals surface area contributed by atoms with Gasteiger partial charge in [0.2, 0.25) is 0 Å². The molecule has 3 aromatic heterocycles. The number of hydrogen-bond donors (Lipinski definition) is 2. The summed E-state index contributed by atoms with van der Waals surface area (Å²) in [6.45, 7) is 3.36. The van der Waals surface area contributed by atoms with Gasteiger partial charge in [-0.1, -0.05) is 46.9 Å². The molecular formula is C33H25Br2Cl3F3N7O3. The number of hydrogen-bond acceptors (Lipinski definition) is 6. The number of aromatic nitrogens is 4. The number of halogens is 8. The number of amides is 2. The molecule has 0 aliphatic rings. The lowest BCUT2D eigenvalue weighted by atomic mass is 10.1. The first-order valence-corrected chi connectivity index (χ1v) is 17.3. The van der Waals surface area contributed by atoms with Crippen molar-refractivity contribution < 1.29 is 27.5 Å². The first-order valence-electron chi connectivity index (χ1n) is 14.6. The Morgan fingerprint density at radius 3 is 2.31 bits per heavy atom. The van der Waals surface area contributed by atoms with E-state index >= 15 is 0 Å². The van der Waals surface area contributed by atoms with Crippen molar-refractivity contribution in [1.82, 2.24) is 24.6 Å². The Hall–Kier alpha value is -3.91. The van der Waals surface area contributed by atoms with Gasteiger partial charge < -0.3 is 19.9 Å². The summed E-state index contributed by atoms with van der Waals surface area (Å²) in [5.41, 5.74) is 0.960. The van der Waals surface area contributed by atoms with E-state index in [2.05, 4.69) is 52.6 Å². The topological polar surface area (TPSA) is 127 Å². The lowest BCUT2D eigenvalue weighted by Crippen LogP contribution is -2.23. The van der Waals surface area contributed by atoms with E-state index < -0.39 is 17.8 Å². The van der Waals surface area contributed by atoms with Crippen LogP contribution in [0.5, 0.6) is 0 Å². The normalized spacial score (nSPS) is 11.0. The number of nitrogens with zero attached hydrogens (tertiary/aromatic N) is 5. The minimum Gasteiger partial charge on any atom is -0.361 e. The van der Waals surface area contributed by atoms with Crippen LogP contribution < -0.4 is 10.6 Å². The molecule has 0 saturated carbocycles. The fraction of sp³-hybridized carbons (Fsp3) is 0.182. The number of anilines is 1. The van der Waals surface area contributed by atoms with E-state index in [1.807, 2.05) is 6.07 Å². The standard InChI is InChI=1S/C18H14BrCl2N5O2.C15H11BrClF3N2O/c1-9-6-10(20)7-11(17(27)22-2)15(9)24-18(28)13-8-14(19)25-26(13)16-12(21)4-3-5-23-16;1-2-23-8-22-13(9-3-5-10(17)6-4-9)11(7-21)12(16)14(22)15(18,19)20/h3-8H,1-2H3,(H,22,27)(H,24,28);3-6H,2,8H2,1H3. The number of carbonyl (C=O) groups is 2. The van der Waals surface area contributed by atoms with Gasteiger partial charge in [-0.15, -0.1) is 0 Å². The number of benzene rings is 2. The average Bonchev–Trinajstić information content (AvgIpc) is 3.61. The summed E-state index contributed by atoms with van der Waals surface area (Å²) < 4.78 is 47.8. The molecule has 5 aromatic rings. The molecule has 0 spiro atoms. The Bertz CT molecular complexity index is 2130. The predicted molar refractivity (Wildman–Crippen MR) is 196 cm³/mol. The third-order valence-corrected chi connectivity index (χ3v) is 8.91. The molecule has 5 rings (SSSR count). The molecule has 2 amide bonds. The highest BCUT2D eigenvalue weighted by Gasteiger charge is 2.40. The maximum absolute atomic E-state index is 13.4. The van der Waals surface area contributed by atoms with E-state index in [1.54, 1.807) is 62.5 Å². The van der Waals surface area contributed by atoms with Crippen molar-refractivity contribution in [3.8, 4) is 23.1 Å². The monoisotopic (exact) mass is 887 g/mol. The largest absolute Gasteiger partial charge is 0.432 e. The third kappa shape index (κ3) is 9.12. The number of carbonyl (C=O) groups excluding carboxylic acids is 2. The Kier molecular flexibility index (Phi) is 13.3. The molecule has 0 unspecified atom stereocenters. The second kappa shape index (κ2) is 17.1. The quantitative estimate of drug-likeness (QED) is 0.160. The lowest BCUT2D eigenvalue weighted by molar-refractivity contribution is -0.146. The van der Waals surface area contributed by atoms with Crippen LogP contribution in [-0.4, -0.2) is 44.8 Å². The van der Waals surface area contributed by atoms with Crippen LogP contribution in [0, 0.1) is 18.3 Å². The third-order valence-electron chi connectivity index (χ3n) is 6.99. The molecule has 10 nitrogen and oxygen atoms in total. The number of alkyl halides is 3. The van der Waals surface area contributed by atoms with E-state index in [9.17, 15) is 28.0 Å². The fourth-order valence-electron chi connectivity index (χ4n) is 4.80. The highest BCUT2D eigenvalue weighted by Crippen LogP contribution is 2.43. The molecule has 0 saturated heterocycles. The van der Waals surface area contributed by atoms with Gasteiger partial charge in [0, 0.05) is 36.0 Å². The predicted octanol–water partition coefficient (Wildman–Crippen LogP) is 9.71. The minimum absolute atomic E-state index is 0.0978. The van der Waals surface area contributed by atoms with Gasteiger partial charge in [0.05, 0.1) is 32.0 Å². The summed E-state index contributed by atoms with van der Waals surface area (Å²) >= 11 is 24.3. The van der Waals surface area contributed by atoms with Crippen LogP contribution in [0.4, 0.5) is 18.9 Å². The van der Waals surface area contributed by atoms with E-state index in [4.69, 9.17) is 39.5 Å². The van der Waals surface area contributed by atoms with E-state index in [0.29, 0.717) is 42.3 Å². The van der Waals surface area contributed by atoms with Crippen LogP contribution in [0.2, 0.25) is 15.1 Å². The van der Waals surface area contributed by atoms with E-state index in [1.165, 1.54) is 23.9 Å². The summed E-state index contributed by atoms with van der Waals surface area (Å²) in [6.07, 6.45) is -3.09. The van der Waals surface area contributed by atoms with Crippen LogP contribution >= 0.6 is 66.7 Å². The Morgan fingerprint density at radius 2 is 1.73 bits per heavy atom. The maximum atomic E-state index is 13.4. The van der Waals surface area contributed by atoms with Crippen LogP contribution in [0.3, 0.4) is 0 Å². The Balaban J connectivity index is 0.000000233. The molecule has 0 aliphatic heterocycles. The van der Waals surface area contributed by atoms with Gasteiger partial charge in [0.15, 0.2) is 5.82 Å². The number of ether oxygens (including phenoxy) is 1. The van der Waals surface area contributed by atoms with Crippen molar-refractivity contribution in [3.63, 3.8) is 0 Å². The fourth-order valence-corrected chi connectivity index (χ4v) is 6.49. The SMILES string of the molecule is CCOCn1c(-c2ccc(Cl)cc2)c(C#N)c(Br)c1C(F)(F)F.CNC(=O)c1cc(Cl)cc(C)c1NC(=O)c1cc(Br)nn1-c1ncccc1Cl. The molecule has 2 N–H and O–H groups in total. The molecule has 0 radical (unpaired) electrons. The highest BCUT2D eigenvalue weighted by atomic mass is 79.9. The number of nitriles is 1. The second-order valence-corrected chi connectivity index (χ2v) is 13.2. The zero-order valence-corrected chi connectivity index (χ0v) is 32.1. The smallest absolute Gasteiger partial charge is 0.361 e. The van der Waals surface area contributed by atoms with Crippen LogP contribution in [0.1, 0.15) is 44.6 Å². The summed E-state index contributed by atoms with van der Waals surface area (Å²) in [5.74, 6) is -0.557. The number of pyridine rings is 1. The van der Waals surface area contributed by atoms with Crippen molar-refractivity contribution in [3.05, 3.63) is 113 Å². The Morgan fingerprint density at radius 1 is 1.04 bits per heavy atom. The van der Waals surface area contributed by atoms with Gasteiger partial charge in [-0.05, 0) is 93.2 Å². The van der Waals surface area contributed by atoms with Crippen LogP contribution in [0.25, 0.3) is 17.1 Å². The highest BCUT2D eigenvalue weighted by molar-refractivity contribution is 9.10. The molecule has 266 valence electrons. The summed E-state index contributed by atoms with van der Waals surface area (Å²) in [4.78, 5) is 29.4. The molecule has 18 heteroatoms. The average molecular weight is 891 g/mol. The van der Waals surface area contributed by atoms with Crippen molar-refractivity contribution in [1.29, 1.82) is 5.26 Å². The number of nitrogens with one attached hydrogen (secondary N) is 2. The molecule has 0 bridgehead atoms. The van der Waals surface area contributed by atoms with Crippen molar-refractivity contribution in [2.24, 2.45) is 0 Å². The molecule has 0 fully saturated rings. The summed E-state index contributed by atoms with van der Waals surface area (Å²) in [6, 6.07) is 16.1. The van der Waals surface area contributed by atoms with Gasteiger partial charge in [-0.25, -0.2) is 9.67 Å². The first-order chi connectivity index (χ1) is 24.1.